The summed E-state index contributed by atoms with van der Waals surface area (Å²) in [7, 11) is 2.11. The van der Waals surface area contributed by atoms with Gasteiger partial charge in [0, 0.05) is 62.8 Å². The third-order valence-corrected chi connectivity index (χ3v) is 9.08. The van der Waals surface area contributed by atoms with Crippen LogP contribution in [0.2, 0.25) is 0 Å². The molecule has 1 aromatic heterocycles. The van der Waals surface area contributed by atoms with Crippen molar-refractivity contribution in [3.8, 4) is 11.1 Å². The van der Waals surface area contributed by atoms with Crippen LogP contribution < -0.4 is 5.32 Å². The minimum atomic E-state index is -0.773. The molecule has 0 saturated carbocycles. The van der Waals surface area contributed by atoms with E-state index in [-0.39, 0.29) is 31.1 Å². The number of amides is 1. The van der Waals surface area contributed by atoms with Gasteiger partial charge in [0.15, 0.2) is 6.29 Å². The number of nitrogens with zero attached hydrogens (tertiary/aromatic N) is 2. The van der Waals surface area contributed by atoms with E-state index in [2.05, 4.69) is 64.7 Å². The summed E-state index contributed by atoms with van der Waals surface area (Å²) in [5.74, 6) is -0.768. The number of aliphatic carboxylic acids is 1. The third kappa shape index (κ3) is 11.6. The van der Waals surface area contributed by atoms with E-state index >= 15 is 0 Å². The minimum absolute atomic E-state index is 0.00391. The van der Waals surface area contributed by atoms with Gasteiger partial charge in [-0.25, -0.2) is 0 Å². The fourth-order valence-electron chi connectivity index (χ4n) is 6.22. The quantitative estimate of drug-likeness (QED) is 0.0962. The van der Waals surface area contributed by atoms with Gasteiger partial charge in [-0.1, -0.05) is 85.6 Å². The van der Waals surface area contributed by atoms with Gasteiger partial charge >= 0.3 is 5.97 Å². The van der Waals surface area contributed by atoms with E-state index in [4.69, 9.17) is 14.6 Å². The number of carbonyl (C=O) groups excluding carboxylic acids is 1. The number of carboxylic acid groups (broad SMARTS) is 1. The Hall–Kier alpha value is -4.41. The molecule has 1 saturated heterocycles. The van der Waals surface area contributed by atoms with Crippen LogP contribution in [0.25, 0.3) is 11.1 Å². The number of pyridine rings is 1. The van der Waals surface area contributed by atoms with Gasteiger partial charge in [-0.15, -0.1) is 0 Å². The summed E-state index contributed by atoms with van der Waals surface area (Å²) in [6.07, 6.45) is 6.39. The van der Waals surface area contributed by atoms with Crippen LogP contribution >= 0.6 is 0 Å². The molecule has 0 radical (unpaired) electrons. The number of carbonyl (C=O) groups is 2. The van der Waals surface area contributed by atoms with E-state index in [9.17, 15) is 14.7 Å². The van der Waals surface area contributed by atoms with Gasteiger partial charge in [0.2, 0.25) is 5.91 Å². The van der Waals surface area contributed by atoms with E-state index in [0.29, 0.717) is 19.4 Å². The molecule has 1 amide bonds. The number of unbranched alkanes of at least 4 members (excludes halogenated alkanes) is 3. The van der Waals surface area contributed by atoms with Gasteiger partial charge in [-0.3, -0.25) is 14.6 Å². The summed E-state index contributed by atoms with van der Waals surface area (Å²) in [6, 6.07) is 30.4. The molecule has 3 unspecified atom stereocenters. The van der Waals surface area contributed by atoms with Crippen LogP contribution in [-0.4, -0.2) is 58.2 Å². The number of hydrogen-bond acceptors (Lipinski definition) is 7. The molecule has 9 heteroatoms. The SMILES string of the molecule is CN(CCc1ccccn1)CC1CC(c2ccc(CO)cc2)OC(c2ccc(-c3cccc(CNC(=O)CCCCCCC(=O)O)c3)cc2)O1. The second kappa shape index (κ2) is 19.1. The molecular formula is C41H49N3O6. The number of likely N-dealkylation sites (N-methyl/N-ethyl adjacent to an activating group) is 1. The maximum atomic E-state index is 12.4. The third-order valence-electron chi connectivity index (χ3n) is 9.08. The first-order valence-electron chi connectivity index (χ1n) is 17.6. The van der Waals surface area contributed by atoms with E-state index in [1.807, 2.05) is 54.7 Å². The molecule has 3 atom stereocenters. The number of aliphatic hydroxyl groups excluding tert-OH is 1. The Bertz CT molecular complexity index is 1630. The van der Waals surface area contributed by atoms with Crippen LogP contribution in [0.1, 0.15) is 85.3 Å². The molecule has 9 nitrogen and oxygen atoms in total. The van der Waals surface area contributed by atoms with Gasteiger partial charge in [0.05, 0.1) is 18.8 Å². The molecule has 2 heterocycles. The van der Waals surface area contributed by atoms with Crippen molar-refractivity contribution < 1.29 is 29.3 Å². The Morgan fingerprint density at radius 2 is 1.60 bits per heavy atom. The van der Waals surface area contributed by atoms with Crippen molar-refractivity contribution in [2.24, 2.45) is 0 Å². The van der Waals surface area contributed by atoms with Gasteiger partial charge in [-0.05, 0) is 65.9 Å². The van der Waals surface area contributed by atoms with Crippen molar-refractivity contribution >= 4 is 11.9 Å². The molecule has 1 aliphatic rings. The second-order valence-corrected chi connectivity index (χ2v) is 13.1. The monoisotopic (exact) mass is 679 g/mol. The smallest absolute Gasteiger partial charge is 0.303 e. The fourth-order valence-corrected chi connectivity index (χ4v) is 6.22. The molecule has 4 aromatic rings. The highest BCUT2D eigenvalue weighted by Crippen LogP contribution is 2.38. The molecule has 264 valence electrons. The Balaban J connectivity index is 1.19. The summed E-state index contributed by atoms with van der Waals surface area (Å²) in [4.78, 5) is 29.8. The van der Waals surface area contributed by atoms with E-state index < -0.39 is 12.3 Å². The first-order chi connectivity index (χ1) is 24.4. The average Bonchev–Trinajstić information content (AvgIpc) is 3.15. The lowest BCUT2D eigenvalue weighted by molar-refractivity contribution is -0.252. The van der Waals surface area contributed by atoms with Crippen LogP contribution in [0.4, 0.5) is 0 Å². The predicted molar refractivity (Wildman–Crippen MR) is 193 cm³/mol. The zero-order chi connectivity index (χ0) is 35.1. The zero-order valence-corrected chi connectivity index (χ0v) is 28.9. The van der Waals surface area contributed by atoms with Gasteiger partial charge in [-0.2, -0.15) is 0 Å². The number of nitrogens with one attached hydrogen (secondary N) is 1. The predicted octanol–water partition coefficient (Wildman–Crippen LogP) is 7.00. The lowest BCUT2D eigenvalue weighted by atomic mass is 9.99. The average molecular weight is 680 g/mol. The van der Waals surface area contributed by atoms with Gasteiger partial charge in [0.25, 0.3) is 0 Å². The van der Waals surface area contributed by atoms with E-state index in [1.54, 1.807) is 0 Å². The standard InChI is InChI=1S/C41H49N3O6/c1-44(24-22-36-11-6-7-23-42-36)28-37-26-38(33-16-14-30(29-45)15-17-33)50-41(49-37)34-20-18-32(19-21-34)35-10-8-9-31(25-35)27-43-39(46)12-4-2-3-5-13-40(47)48/h6-11,14-21,23,25,37-38,41,45H,2-5,12-13,22,24,26-29H2,1H3,(H,43,46)(H,47,48). The number of aromatic nitrogens is 1. The minimum Gasteiger partial charge on any atom is -0.481 e. The first-order valence-corrected chi connectivity index (χ1v) is 17.6. The Labute approximate surface area is 295 Å². The Morgan fingerprint density at radius 3 is 2.32 bits per heavy atom. The maximum absolute atomic E-state index is 12.4. The highest BCUT2D eigenvalue weighted by molar-refractivity contribution is 5.76. The van der Waals surface area contributed by atoms with Crippen LogP contribution in [-0.2, 0) is 38.6 Å². The number of carboxylic acids is 1. The van der Waals surface area contributed by atoms with Crippen molar-refractivity contribution in [1.29, 1.82) is 0 Å². The van der Waals surface area contributed by atoms with Gasteiger partial charge < -0.3 is 29.9 Å². The number of ether oxygens (including phenoxy) is 2. The van der Waals surface area contributed by atoms with Crippen LogP contribution in [0, 0.1) is 0 Å². The molecule has 50 heavy (non-hydrogen) atoms. The Morgan fingerprint density at radius 1 is 0.840 bits per heavy atom. The van der Waals surface area contributed by atoms with Crippen molar-refractivity contribution in [1.82, 2.24) is 15.2 Å². The highest BCUT2D eigenvalue weighted by atomic mass is 16.7. The number of hydrogen-bond donors (Lipinski definition) is 3. The lowest BCUT2D eigenvalue weighted by Crippen LogP contribution is -2.38. The fraction of sp³-hybridized carbons (Fsp3) is 0.390. The summed E-state index contributed by atoms with van der Waals surface area (Å²) in [5, 5.41) is 21.3. The van der Waals surface area contributed by atoms with Crippen LogP contribution in [0.15, 0.2) is 97.2 Å². The van der Waals surface area contributed by atoms with Gasteiger partial charge in [0.1, 0.15) is 0 Å². The summed E-state index contributed by atoms with van der Waals surface area (Å²) >= 11 is 0. The normalized spacial score (nSPS) is 17.5. The molecule has 1 aliphatic heterocycles. The summed E-state index contributed by atoms with van der Waals surface area (Å²) in [6.45, 7) is 2.08. The molecule has 3 aromatic carbocycles. The topological polar surface area (TPSA) is 121 Å². The van der Waals surface area contributed by atoms with E-state index in [0.717, 1.165) is 84.3 Å². The summed E-state index contributed by atoms with van der Waals surface area (Å²) in [5.41, 5.74) is 7.08. The summed E-state index contributed by atoms with van der Waals surface area (Å²) < 4.78 is 13.2. The first kappa shape index (κ1) is 36.9. The highest BCUT2D eigenvalue weighted by Gasteiger charge is 2.32. The molecule has 0 bridgehead atoms. The van der Waals surface area contributed by atoms with E-state index in [1.165, 1.54) is 0 Å². The largest absolute Gasteiger partial charge is 0.481 e. The molecule has 0 aliphatic carbocycles. The van der Waals surface area contributed by atoms with Crippen molar-refractivity contribution in [2.45, 2.75) is 83.0 Å². The molecule has 1 fully saturated rings. The van der Waals surface area contributed by atoms with Crippen LogP contribution in [0.5, 0.6) is 0 Å². The lowest BCUT2D eigenvalue weighted by Gasteiger charge is -2.38. The van der Waals surface area contributed by atoms with Crippen molar-refractivity contribution in [3.05, 3.63) is 125 Å². The molecule has 5 rings (SSSR count). The maximum Gasteiger partial charge on any atom is 0.303 e. The van der Waals surface area contributed by atoms with Crippen molar-refractivity contribution in [3.63, 3.8) is 0 Å². The second-order valence-electron chi connectivity index (χ2n) is 13.1. The number of aliphatic hydroxyl groups is 1. The zero-order valence-electron chi connectivity index (χ0n) is 28.9. The number of benzene rings is 3. The Kier molecular flexibility index (Phi) is 14.1. The van der Waals surface area contributed by atoms with Crippen LogP contribution in [0.3, 0.4) is 0 Å². The molecular weight excluding hydrogens is 630 g/mol. The number of rotatable bonds is 18. The molecule has 3 N–H and O–H groups in total. The molecule has 0 spiro atoms. The van der Waals surface area contributed by atoms with Crippen molar-refractivity contribution in [2.75, 3.05) is 20.1 Å².